The van der Waals surface area contributed by atoms with Crippen LogP contribution in [0.15, 0.2) is 72.0 Å². The molecule has 0 aliphatic carbocycles. The Balaban J connectivity index is 1.61. The van der Waals surface area contributed by atoms with E-state index in [1.54, 1.807) is 16.8 Å². The van der Waals surface area contributed by atoms with E-state index in [0.717, 1.165) is 11.3 Å². The van der Waals surface area contributed by atoms with Crippen molar-refractivity contribution in [3.8, 4) is 11.3 Å². The Kier molecular flexibility index (Phi) is 5.05. The van der Waals surface area contributed by atoms with Crippen molar-refractivity contribution in [3.63, 3.8) is 0 Å². The molecule has 0 fully saturated rings. The van der Waals surface area contributed by atoms with E-state index in [2.05, 4.69) is 15.4 Å². The molecule has 2 aromatic carbocycles. The maximum Gasteiger partial charge on any atom is 0.239 e. The number of benzene rings is 2. The first-order chi connectivity index (χ1) is 13.4. The third-order valence-corrected chi connectivity index (χ3v) is 5.36. The average Bonchev–Trinajstić information content (AvgIpc) is 3.28. The SMILES string of the molecule is OC1(C(Cl)(Cl)Cl)CC(Cn2cc(-c3ccccc3)nn2)=NN1c1ccccc1. The van der Waals surface area contributed by atoms with E-state index in [4.69, 9.17) is 34.8 Å². The second-order valence-electron chi connectivity index (χ2n) is 6.47. The molecule has 1 unspecified atom stereocenters. The Labute approximate surface area is 176 Å². The van der Waals surface area contributed by atoms with Gasteiger partial charge in [-0.1, -0.05) is 88.5 Å². The molecule has 1 aliphatic heterocycles. The minimum atomic E-state index is -1.97. The van der Waals surface area contributed by atoms with Gasteiger partial charge in [0, 0.05) is 12.0 Å². The average molecular weight is 437 g/mol. The van der Waals surface area contributed by atoms with Crippen LogP contribution in [0.5, 0.6) is 0 Å². The van der Waals surface area contributed by atoms with Crippen LogP contribution in [0.2, 0.25) is 0 Å². The molecule has 28 heavy (non-hydrogen) atoms. The first kappa shape index (κ1) is 19.2. The molecule has 4 rings (SSSR count). The maximum atomic E-state index is 11.1. The van der Waals surface area contributed by atoms with Crippen molar-refractivity contribution in [2.75, 3.05) is 5.01 Å². The van der Waals surface area contributed by atoms with Gasteiger partial charge < -0.3 is 5.11 Å². The van der Waals surface area contributed by atoms with Gasteiger partial charge in [0.25, 0.3) is 0 Å². The van der Waals surface area contributed by atoms with Crippen molar-refractivity contribution < 1.29 is 5.11 Å². The predicted molar refractivity (Wildman–Crippen MR) is 112 cm³/mol. The third-order valence-electron chi connectivity index (χ3n) is 4.45. The molecule has 0 saturated heterocycles. The summed E-state index contributed by atoms with van der Waals surface area (Å²) >= 11 is 18.3. The lowest BCUT2D eigenvalue weighted by atomic mass is 10.1. The molecule has 1 N–H and O–H groups in total. The summed E-state index contributed by atoms with van der Waals surface area (Å²) in [4.78, 5) is 0. The molecule has 0 bridgehead atoms. The third kappa shape index (κ3) is 3.61. The van der Waals surface area contributed by atoms with Crippen LogP contribution in [0.1, 0.15) is 6.42 Å². The topological polar surface area (TPSA) is 66.5 Å². The number of hydrogen-bond donors (Lipinski definition) is 1. The van der Waals surface area contributed by atoms with Gasteiger partial charge >= 0.3 is 0 Å². The number of aromatic nitrogens is 3. The Bertz CT molecular complexity index is 988. The molecule has 6 nitrogen and oxygen atoms in total. The number of anilines is 1. The first-order valence-corrected chi connectivity index (χ1v) is 9.66. The largest absolute Gasteiger partial charge is 0.365 e. The molecule has 1 atom stereocenters. The summed E-state index contributed by atoms with van der Waals surface area (Å²) in [6.45, 7) is 0.312. The van der Waals surface area contributed by atoms with Crippen LogP contribution in [0, 0.1) is 0 Å². The highest BCUT2D eigenvalue weighted by molar-refractivity contribution is 6.68. The number of rotatable bonds is 4. The van der Waals surface area contributed by atoms with Gasteiger partial charge in [0.05, 0.1) is 24.1 Å². The fourth-order valence-electron chi connectivity index (χ4n) is 3.07. The first-order valence-electron chi connectivity index (χ1n) is 8.53. The van der Waals surface area contributed by atoms with Gasteiger partial charge in [0.2, 0.25) is 9.52 Å². The molecule has 9 heteroatoms. The highest BCUT2D eigenvalue weighted by Crippen LogP contribution is 2.47. The normalized spacial score (nSPS) is 19.7. The molecule has 0 saturated carbocycles. The second-order valence-corrected chi connectivity index (χ2v) is 8.75. The van der Waals surface area contributed by atoms with Crippen LogP contribution < -0.4 is 5.01 Å². The summed E-state index contributed by atoms with van der Waals surface area (Å²) in [7, 11) is 0. The van der Waals surface area contributed by atoms with E-state index in [0.29, 0.717) is 17.9 Å². The smallest absolute Gasteiger partial charge is 0.239 e. The highest BCUT2D eigenvalue weighted by Gasteiger charge is 2.56. The number of halogens is 3. The van der Waals surface area contributed by atoms with Crippen LogP contribution in [0.3, 0.4) is 0 Å². The molecule has 0 radical (unpaired) electrons. The summed E-state index contributed by atoms with van der Waals surface area (Å²) in [5, 5.41) is 25.4. The Morgan fingerprint density at radius 3 is 2.29 bits per heavy atom. The monoisotopic (exact) mass is 435 g/mol. The zero-order chi connectivity index (χ0) is 19.8. The number of alkyl halides is 3. The number of aliphatic hydroxyl groups is 1. The van der Waals surface area contributed by atoms with Crippen LogP contribution in [0.4, 0.5) is 5.69 Å². The lowest BCUT2D eigenvalue weighted by molar-refractivity contribution is 0.0562. The Morgan fingerprint density at radius 2 is 1.64 bits per heavy atom. The van der Waals surface area contributed by atoms with E-state index in [-0.39, 0.29) is 6.42 Å². The van der Waals surface area contributed by atoms with Crippen LogP contribution >= 0.6 is 34.8 Å². The Hall–Kier alpha value is -2.12. The molecule has 1 aromatic heterocycles. The molecule has 0 amide bonds. The molecular formula is C19H16Cl3N5O. The van der Waals surface area contributed by atoms with Crippen molar-refractivity contribution >= 4 is 46.2 Å². The van der Waals surface area contributed by atoms with E-state index in [1.807, 2.05) is 54.7 Å². The van der Waals surface area contributed by atoms with E-state index < -0.39 is 9.52 Å². The zero-order valence-electron chi connectivity index (χ0n) is 14.6. The van der Waals surface area contributed by atoms with Gasteiger partial charge in [-0.05, 0) is 12.1 Å². The molecule has 2 heterocycles. The maximum absolute atomic E-state index is 11.1. The van der Waals surface area contributed by atoms with Crippen molar-refractivity contribution in [3.05, 3.63) is 66.9 Å². The van der Waals surface area contributed by atoms with Crippen LogP contribution in [-0.2, 0) is 6.54 Å². The fourth-order valence-corrected chi connectivity index (χ4v) is 3.51. The van der Waals surface area contributed by atoms with Crippen molar-refractivity contribution in [1.82, 2.24) is 15.0 Å². The van der Waals surface area contributed by atoms with E-state index >= 15 is 0 Å². The van der Waals surface area contributed by atoms with E-state index in [1.165, 1.54) is 5.01 Å². The summed E-state index contributed by atoms with van der Waals surface area (Å²) in [6, 6.07) is 18.8. The number of para-hydroxylation sites is 1. The zero-order valence-corrected chi connectivity index (χ0v) is 16.9. The minimum Gasteiger partial charge on any atom is -0.365 e. The summed E-state index contributed by atoms with van der Waals surface area (Å²) in [5.41, 5.74) is 1.13. The molecular weight excluding hydrogens is 421 g/mol. The summed E-state index contributed by atoms with van der Waals surface area (Å²) in [6.07, 6.45) is 1.87. The van der Waals surface area contributed by atoms with Gasteiger partial charge in [-0.3, -0.25) is 0 Å². The van der Waals surface area contributed by atoms with Crippen molar-refractivity contribution in [2.24, 2.45) is 5.10 Å². The molecule has 144 valence electrons. The molecule has 1 aliphatic rings. The molecule has 3 aromatic rings. The summed E-state index contributed by atoms with van der Waals surface area (Å²) < 4.78 is -0.319. The van der Waals surface area contributed by atoms with Gasteiger partial charge in [0.15, 0.2) is 0 Å². The number of hydrazone groups is 1. The lowest BCUT2D eigenvalue weighted by Crippen LogP contribution is -2.53. The molecule has 0 spiro atoms. The predicted octanol–water partition coefficient (Wildman–Crippen LogP) is 4.27. The van der Waals surface area contributed by atoms with Gasteiger partial charge in [0.1, 0.15) is 5.69 Å². The quantitative estimate of drug-likeness (QED) is 0.620. The van der Waals surface area contributed by atoms with Crippen LogP contribution in [-0.4, -0.2) is 35.3 Å². The lowest BCUT2D eigenvalue weighted by Gasteiger charge is -2.37. The second kappa shape index (κ2) is 7.37. The van der Waals surface area contributed by atoms with Gasteiger partial charge in [-0.15, -0.1) is 5.10 Å². The summed E-state index contributed by atoms with van der Waals surface area (Å²) in [5.74, 6) is 0. The number of hydrogen-bond acceptors (Lipinski definition) is 5. The van der Waals surface area contributed by atoms with Crippen molar-refractivity contribution in [2.45, 2.75) is 22.5 Å². The van der Waals surface area contributed by atoms with Gasteiger partial charge in [-0.25, -0.2) is 9.69 Å². The standard InChI is InChI=1S/C19H16Cl3N5O/c20-19(21,22)18(28)11-15(24-27(18)16-9-5-2-6-10-16)12-26-13-17(23-25-26)14-7-3-1-4-8-14/h1-10,13,28H,11-12H2. The van der Waals surface area contributed by atoms with E-state index in [9.17, 15) is 5.11 Å². The highest BCUT2D eigenvalue weighted by atomic mass is 35.6. The van der Waals surface area contributed by atoms with Crippen molar-refractivity contribution in [1.29, 1.82) is 0 Å². The fraction of sp³-hybridized carbons (Fsp3) is 0.211. The van der Waals surface area contributed by atoms with Crippen LogP contribution in [0.25, 0.3) is 11.3 Å². The number of nitrogens with zero attached hydrogens (tertiary/aromatic N) is 5. The van der Waals surface area contributed by atoms with Gasteiger partial charge in [-0.2, -0.15) is 5.10 Å². The Morgan fingerprint density at radius 1 is 1.00 bits per heavy atom. The minimum absolute atomic E-state index is 0.0545.